The first-order valence-electron chi connectivity index (χ1n) is 10.1. The molecule has 1 amide bonds. The van der Waals surface area contributed by atoms with Crippen LogP contribution in [0.2, 0.25) is 0 Å². The standard InChI is InChI=1S/C21H21N7O5/c1-21(2,3)23-20(29)19-15-6-4-5-7-16(15)26-14(11-22-24-26)12-25(19)17-9-8-13(27(30)31)10-18(17)28(32)33/h4-11,19H,12H2,1-3H3,(H,23,29). The van der Waals surface area contributed by atoms with Crippen LogP contribution < -0.4 is 10.2 Å². The van der Waals surface area contributed by atoms with Gasteiger partial charge in [0, 0.05) is 17.2 Å². The lowest BCUT2D eigenvalue weighted by Crippen LogP contribution is -2.47. The van der Waals surface area contributed by atoms with Gasteiger partial charge in [0.25, 0.3) is 11.4 Å². The van der Waals surface area contributed by atoms with Crippen molar-refractivity contribution in [2.24, 2.45) is 0 Å². The fraction of sp³-hybridized carbons (Fsp3) is 0.286. The number of hydrogen-bond donors (Lipinski definition) is 1. The largest absolute Gasteiger partial charge is 0.349 e. The lowest BCUT2D eigenvalue weighted by atomic mass is 9.99. The Morgan fingerprint density at radius 1 is 1.09 bits per heavy atom. The maximum Gasteiger partial charge on any atom is 0.299 e. The molecule has 1 aliphatic heterocycles. The third-order valence-electron chi connectivity index (χ3n) is 5.15. The molecule has 4 rings (SSSR count). The van der Waals surface area contributed by atoms with Gasteiger partial charge in [-0.25, -0.2) is 4.68 Å². The zero-order valence-electron chi connectivity index (χ0n) is 18.1. The van der Waals surface area contributed by atoms with E-state index in [1.165, 1.54) is 18.3 Å². The highest BCUT2D eigenvalue weighted by Gasteiger charge is 2.38. The molecule has 1 unspecified atom stereocenters. The third-order valence-corrected chi connectivity index (χ3v) is 5.15. The second-order valence-corrected chi connectivity index (χ2v) is 8.65. The molecular formula is C21H21N7O5. The van der Waals surface area contributed by atoms with Gasteiger partial charge in [-0.3, -0.25) is 25.0 Å². The predicted molar refractivity (Wildman–Crippen MR) is 118 cm³/mol. The van der Waals surface area contributed by atoms with Crippen molar-refractivity contribution in [3.05, 3.63) is 80.1 Å². The van der Waals surface area contributed by atoms with Gasteiger partial charge < -0.3 is 10.2 Å². The van der Waals surface area contributed by atoms with Crippen LogP contribution in [0.4, 0.5) is 17.1 Å². The number of benzene rings is 2. The van der Waals surface area contributed by atoms with Crippen LogP contribution in [0.5, 0.6) is 0 Å². The number of anilines is 1. The second kappa shape index (κ2) is 7.97. The van der Waals surface area contributed by atoms with E-state index >= 15 is 0 Å². The second-order valence-electron chi connectivity index (χ2n) is 8.65. The van der Waals surface area contributed by atoms with E-state index in [1.54, 1.807) is 33.8 Å². The van der Waals surface area contributed by atoms with E-state index in [4.69, 9.17) is 0 Å². The highest BCUT2D eigenvalue weighted by molar-refractivity contribution is 5.89. The lowest BCUT2D eigenvalue weighted by molar-refractivity contribution is -0.393. The Bertz CT molecular complexity index is 1260. The van der Waals surface area contributed by atoms with Crippen molar-refractivity contribution in [2.75, 3.05) is 4.90 Å². The zero-order chi connectivity index (χ0) is 23.9. The minimum Gasteiger partial charge on any atom is -0.349 e. The maximum absolute atomic E-state index is 13.6. The molecule has 3 aromatic rings. The zero-order valence-corrected chi connectivity index (χ0v) is 18.1. The number of aromatic nitrogens is 3. The molecule has 12 nitrogen and oxygen atoms in total. The Labute approximate surface area is 188 Å². The molecule has 0 saturated heterocycles. The molecule has 0 spiro atoms. The van der Waals surface area contributed by atoms with Gasteiger partial charge in [-0.05, 0) is 32.9 Å². The van der Waals surface area contributed by atoms with Crippen LogP contribution in [0.25, 0.3) is 5.69 Å². The average molecular weight is 451 g/mol. The quantitative estimate of drug-likeness (QED) is 0.470. The summed E-state index contributed by atoms with van der Waals surface area (Å²) in [5.74, 6) is -0.374. The van der Waals surface area contributed by atoms with Crippen LogP contribution >= 0.6 is 0 Å². The van der Waals surface area contributed by atoms with Gasteiger partial charge in [0.05, 0.1) is 40.0 Å². The van der Waals surface area contributed by atoms with Crippen LogP contribution in [-0.2, 0) is 11.3 Å². The normalized spacial score (nSPS) is 15.2. The van der Waals surface area contributed by atoms with Crippen molar-refractivity contribution in [1.29, 1.82) is 0 Å². The number of nitro groups is 2. The summed E-state index contributed by atoms with van der Waals surface area (Å²) in [6.07, 6.45) is 1.52. The van der Waals surface area contributed by atoms with E-state index in [9.17, 15) is 25.0 Å². The summed E-state index contributed by atoms with van der Waals surface area (Å²) < 4.78 is 1.59. The monoisotopic (exact) mass is 451 g/mol. The summed E-state index contributed by atoms with van der Waals surface area (Å²) in [6.45, 7) is 5.56. The molecule has 2 heterocycles. The summed E-state index contributed by atoms with van der Waals surface area (Å²) in [5, 5.41) is 34.2. The molecular weight excluding hydrogens is 430 g/mol. The molecule has 1 atom stereocenters. The molecule has 1 aromatic heterocycles. The summed E-state index contributed by atoms with van der Waals surface area (Å²) in [6, 6.07) is 9.53. The number of nitrogens with zero attached hydrogens (tertiary/aromatic N) is 6. The fourth-order valence-electron chi connectivity index (χ4n) is 3.87. The maximum atomic E-state index is 13.6. The first-order chi connectivity index (χ1) is 15.6. The number of hydrogen-bond acceptors (Lipinski definition) is 8. The Balaban J connectivity index is 1.97. The molecule has 0 saturated carbocycles. The number of non-ortho nitro benzene ring substituents is 1. The van der Waals surface area contributed by atoms with E-state index in [1.807, 2.05) is 20.8 Å². The van der Waals surface area contributed by atoms with Gasteiger partial charge in [-0.1, -0.05) is 23.4 Å². The van der Waals surface area contributed by atoms with Crippen molar-refractivity contribution in [2.45, 2.75) is 38.9 Å². The predicted octanol–water partition coefficient (Wildman–Crippen LogP) is 3.06. The molecule has 0 aliphatic carbocycles. The number of nitro benzene ring substituents is 2. The van der Waals surface area contributed by atoms with Crippen molar-refractivity contribution in [3.63, 3.8) is 0 Å². The van der Waals surface area contributed by atoms with Gasteiger partial charge in [0.1, 0.15) is 11.7 Å². The van der Waals surface area contributed by atoms with Gasteiger partial charge in [0.15, 0.2) is 0 Å². The molecule has 12 heteroatoms. The topological polar surface area (TPSA) is 149 Å². The Kier molecular flexibility index (Phi) is 5.28. The summed E-state index contributed by atoms with van der Waals surface area (Å²) in [5.41, 5.74) is 0.396. The molecule has 33 heavy (non-hydrogen) atoms. The molecule has 2 aromatic carbocycles. The van der Waals surface area contributed by atoms with Crippen LogP contribution in [0.3, 0.4) is 0 Å². The fourth-order valence-corrected chi connectivity index (χ4v) is 3.87. The van der Waals surface area contributed by atoms with E-state index in [0.29, 0.717) is 16.9 Å². The minimum absolute atomic E-state index is 0.0581. The third kappa shape index (κ3) is 4.10. The molecule has 170 valence electrons. The van der Waals surface area contributed by atoms with Crippen molar-refractivity contribution >= 4 is 23.0 Å². The van der Waals surface area contributed by atoms with Crippen LogP contribution in [0.15, 0.2) is 48.7 Å². The van der Waals surface area contributed by atoms with E-state index in [0.717, 1.165) is 6.07 Å². The number of rotatable bonds is 4. The molecule has 0 fully saturated rings. The van der Waals surface area contributed by atoms with Crippen molar-refractivity contribution in [1.82, 2.24) is 20.3 Å². The molecule has 1 aliphatic rings. The first kappa shape index (κ1) is 21.9. The highest BCUT2D eigenvalue weighted by Crippen LogP contribution is 2.41. The number of amides is 1. The molecule has 1 N–H and O–H groups in total. The molecule has 0 bridgehead atoms. The number of para-hydroxylation sites is 1. The van der Waals surface area contributed by atoms with Gasteiger partial charge >= 0.3 is 0 Å². The summed E-state index contributed by atoms with van der Waals surface area (Å²) in [7, 11) is 0. The van der Waals surface area contributed by atoms with E-state index < -0.39 is 32.8 Å². The minimum atomic E-state index is -0.970. The Morgan fingerprint density at radius 2 is 1.82 bits per heavy atom. The molecule has 0 radical (unpaired) electrons. The number of fused-ring (bicyclic) bond motifs is 3. The van der Waals surface area contributed by atoms with Crippen molar-refractivity contribution in [3.8, 4) is 5.69 Å². The number of nitrogens with one attached hydrogen (secondary N) is 1. The number of carbonyl (C=O) groups is 1. The van der Waals surface area contributed by atoms with E-state index in [2.05, 4.69) is 15.6 Å². The average Bonchev–Trinajstić information content (AvgIpc) is 3.14. The SMILES string of the molecule is CC(C)(C)NC(=O)C1c2ccccc2-n2nncc2CN1c1ccc([N+](=O)[O-])cc1[N+](=O)[O-]. The van der Waals surface area contributed by atoms with Crippen LogP contribution in [0.1, 0.15) is 38.1 Å². The van der Waals surface area contributed by atoms with E-state index in [-0.39, 0.29) is 18.1 Å². The summed E-state index contributed by atoms with van der Waals surface area (Å²) >= 11 is 0. The van der Waals surface area contributed by atoms with Crippen LogP contribution in [-0.4, -0.2) is 36.3 Å². The van der Waals surface area contributed by atoms with Gasteiger partial charge in [-0.15, -0.1) is 5.10 Å². The van der Waals surface area contributed by atoms with Crippen molar-refractivity contribution < 1.29 is 14.6 Å². The highest BCUT2D eigenvalue weighted by atomic mass is 16.6. The van der Waals surface area contributed by atoms with Gasteiger partial charge in [0.2, 0.25) is 5.91 Å². The smallest absolute Gasteiger partial charge is 0.299 e. The first-order valence-corrected chi connectivity index (χ1v) is 10.1. The Hall–Kier alpha value is -4.35. The number of carbonyl (C=O) groups excluding carboxylic acids is 1. The van der Waals surface area contributed by atoms with Crippen LogP contribution in [0, 0.1) is 20.2 Å². The lowest BCUT2D eigenvalue weighted by Gasteiger charge is -2.33. The summed E-state index contributed by atoms with van der Waals surface area (Å²) in [4.78, 5) is 36.9. The Morgan fingerprint density at radius 3 is 2.48 bits per heavy atom. The van der Waals surface area contributed by atoms with Gasteiger partial charge in [-0.2, -0.15) is 0 Å².